The molecule has 1 fully saturated rings. The molecule has 134 valence electrons. The Labute approximate surface area is 148 Å². The Bertz CT molecular complexity index is 709. The molecule has 1 amide bonds. The number of hydrogen-bond donors (Lipinski definition) is 1. The number of carbonyl (C=O) groups is 1. The number of nitrogens with one attached hydrogen (secondary N) is 1. The van der Waals surface area contributed by atoms with Crippen molar-refractivity contribution in [1.82, 2.24) is 19.7 Å². The molecule has 3 heterocycles. The van der Waals surface area contributed by atoms with E-state index in [1.807, 2.05) is 43.2 Å². The van der Waals surface area contributed by atoms with Crippen LogP contribution in [0.4, 0.5) is 11.5 Å². The summed E-state index contributed by atoms with van der Waals surface area (Å²) in [7, 11) is 5.79. The van der Waals surface area contributed by atoms with Crippen molar-refractivity contribution in [3.05, 3.63) is 36.3 Å². The van der Waals surface area contributed by atoms with Crippen LogP contribution in [-0.4, -0.2) is 58.8 Å². The summed E-state index contributed by atoms with van der Waals surface area (Å²) in [6.45, 7) is 1.55. The lowest BCUT2D eigenvalue weighted by molar-refractivity contribution is 0.0761. The summed E-state index contributed by atoms with van der Waals surface area (Å²) in [6, 6.07) is 4.43. The smallest absolute Gasteiger partial charge is 0.257 e. The largest absolute Gasteiger partial charge is 0.381 e. The summed E-state index contributed by atoms with van der Waals surface area (Å²) in [5.41, 5.74) is 1.69. The number of hydrogen-bond acceptors (Lipinski definition) is 5. The van der Waals surface area contributed by atoms with Gasteiger partial charge in [0, 0.05) is 46.5 Å². The summed E-state index contributed by atoms with van der Waals surface area (Å²) in [6.07, 6.45) is 8.27. The Hall–Kier alpha value is -2.57. The third-order valence-corrected chi connectivity index (χ3v) is 4.54. The molecule has 1 saturated heterocycles. The molecule has 1 unspecified atom stereocenters. The summed E-state index contributed by atoms with van der Waals surface area (Å²) in [5, 5.41) is 7.65. The maximum atomic E-state index is 12.6. The van der Waals surface area contributed by atoms with Gasteiger partial charge in [-0.3, -0.25) is 9.48 Å². The standard InChI is InChI=1S/C18H26N6O/c1-22(2)17-7-6-16(12-19-17)21-15-5-4-9-24(10-8-15)18(25)14-11-20-23(3)13-14/h6-7,11-13,15,21H,4-5,8-10H2,1-3H3. The van der Waals surface area contributed by atoms with Crippen molar-refractivity contribution in [3.63, 3.8) is 0 Å². The number of aryl methyl sites for hydroxylation is 1. The Balaban J connectivity index is 1.57. The van der Waals surface area contributed by atoms with Crippen LogP contribution < -0.4 is 10.2 Å². The normalized spacial score (nSPS) is 17.9. The number of aromatic nitrogens is 3. The third kappa shape index (κ3) is 4.29. The first kappa shape index (κ1) is 17.3. The number of carbonyl (C=O) groups excluding carboxylic acids is 1. The lowest BCUT2D eigenvalue weighted by Crippen LogP contribution is -2.32. The first-order valence-electron chi connectivity index (χ1n) is 8.71. The molecular weight excluding hydrogens is 316 g/mol. The molecule has 1 aliphatic rings. The van der Waals surface area contributed by atoms with Gasteiger partial charge in [0.05, 0.1) is 23.6 Å². The number of rotatable bonds is 4. The average molecular weight is 342 g/mol. The fourth-order valence-electron chi connectivity index (χ4n) is 3.13. The van der Waals surface area contributed by atoms with E-state index in [1.54, 1.807) is 17.1 Å². The van der Waals surface area contributed by atoms with Gasteiger partial charge < -0.3 is 15.1 Å². The van der Waals surface area contributed by atoms with E-state index in [1.165, 1.54) is 0 Å². The van der Waals surface area contributed by atoms with Crippen molar-refractivity contribution in [2.75, 3.05) is 37.4 Å². The lowest BCUT2D eigenvalue weighted by Gasteiger charge is -2.21. The summed E-state index contributed by atoms with van der Waals surface area (Å²) < 4.78 is 1.67. The van der Waals surface area contributed by atoms with Gasteiger partial charge in [0.15, 0.2) is 0 Å². The van der Waals surface area contributed by atoms with Crippen LogP contribution in [0.15, 0.2) is 30.7 Å². The van der Waals surface area contributed by atoms with Gasteiger partial charge in [-0.2, -0.15) is 5.10 Å². The van der Waals surface area contributed by atoms with Crippen LogP contribution in [0.25, 0.3) is 0 Å². The zero-order chi connectivity index (χ0) is 17.8. The molecular formula is C18H26N6O. The van der Waals surface area contributed by atoms with E-state index in [2.05, 4.69) is 21.5 Å². The Kier molecular flexibility index (Phi) is 5.21. The maximum Gasteiger partial charge on any atom is 0.257 e. The number of anilines is 2. The Morgan fingerprint density at radius 3 is 2.72 bits per heavy atom. The average Bonchev–Trinajstić information content (AvgIpc) is 2.90. The molecule has 7 nitrogen and oxygen atoms in total. The quantitative estimate of drug-likeness (QED) is 0.920. The molecule has 7 heteroatoms. The minimum absolute atomic E-state index is 0.0748. The van der Waals surface area contributed by atoms with E-state index >= 15 is 0 Å². The molecule has 1 atom stereocenters. The van der Waals surface area contributed by atoms with Gasteiger partial charge in [-0.05, 0) is 31.4 Å². The van der Waals surface area contributed by atoms with Crippen LogP contribution in [0.1, 0.15) is 29.6 Å². The van der Waals surface area contributed by atoms with Crippen LogP contribution >= 0.6 is 0 Å². The number of likely N-dealkylation sites (tertiary alicyclic amines) is 1. The maximum absolute atomic E-state index is 12.6. The molecule has 0 radical (unpaired) electrons. The van der Waals surface area contributed by atoms with E-state index in [9.17, 15) is 4.79 Å². The van der Waals surface area contributed by atoms with Crippen LogP contribution in [0.5, 0.6) is 0 Å². The van der Waals surface area contributed by atoms with Gasteiger partial charge >= 0.3 is 0 Å². The minimum atomic E-state index is 0.0748. The zero-order valence-corrected chi connectivity index (χ0v) is 15.1. The van der Waals surface area contributed by atoms with Crippen molar-refractivity contribution < 1.29 is 4.79 Å². The van der Waals surface area contributed by atoms with E-state index in [-0.39, 0.29) is 5.91 Å². The number of nitrogens with zero attached hydrogens (tertiary/aromatic N) is 5. The second-order valence-electron chi connectivity index (χ2n) is 6.77. The molecule has 0 spiro atoms. The SMILES string of the molecule is CN(C)c1ccc(NC2CCCN(C(=O)c3cnn(C)c3)CC2)cn1. The fourth-order valence-corrected chi connectivity index (χ4v) is 3.13. The van der Waals surface area contributed by atoms with Gasteiger partial charge in [0.2, 0.25) is 0 Å². The van der Waals surface area contributed by atoms with Gasteiger partial charge in [-0.15, -0.1) is 0 Å². The highest BCUT2D eigenvalue weighted by molar-refractivity contribution is 5.93. The predicted molar refractivity (Wildman–Crippen MR) is 98.9 cm³/mol. The van der Waals surface area contributed by atoms with Crippen LogP contribution in [0.2, 0.25) is 0 Å². The highest BCUT2D eigenvalue weighted by atomic mass is 16.2. The van der Waals surface area contributed by atoms with Crippen molar-refractivity contribution in [2.24, 2.45) is 7.05 Å². The third-order valence-electron chi connectivity index (χ3n) is 4.54. The van der Waals surface area contributed by atoms with E-state index in [4.69, 9.17) is 0 Å². The van der Waals surface area contributed by atoms with Gasteiger partial charge in [0.1, 0.15) is 5.82 Å². The van der Waals surface area contributed by atoms with E-state index < -0.39 is 0 Å². The summed E-state index contributed by atoms with van der Waals surface area (Å²) in [4.78, 5) is 20.9. The molecule has 1 N–H and O–H groups in total. The van der Waals surface area contributed by atoms with Crippen molar-refractivity contribution in [1.29, 1.82) is 0 Å². The molecule has 2 aromatic heterocycles. The summed E-state index contributed by atoms with van der Waals surface area (Å²) in [5.74, 6) is 1.02. The highest BCUT2D eigenvalue weighted by Gasteiger charge is 2.22. The first-order chi connectivity index (χ1) is 12.0. The van der Waals surface area contributed by atoms with Crippen molar-refractivity contribution in [3.8, 4) is 0 Å². The molecule has 0 saturated carbocycles. The molecule has 0 aromatic carbocycles. The van der Waals surface area contributed by atoms with Gasteiger partial charge in [-0.25, -0.2) is 4.98 Å². The van der Waals surface area contributed by atoms with Crippen LogP contribution in [-0.2, 0) is 7.05 Å². The summed E-state index contributed by atoms with van der Waals surface area (Å²) >= 11 is 0. The molecule has 25 heavy (non-hydrogen) atoms. The Morgan fingerprint density at radius 1 is 1.24 bits per heavy atom. The second kappa shape index (κ2) is 7.55. The predicted octanol–water partition coefficient (Wildman–Crippen LogP) is 1.99. The molecule has 3 rings (SSSR count). The highest BCUT2D eigenvalue weighted by Crippen LogP contribution is 2.19. The zero-order valence-electron chi connectivity index (χ0n) is 15.1. The minimum Gasteiger partial charge on any atom is -0.381 e. The Morgan fingerprint density at radius 2 is 2.08 bits per heavy atom. The van der Waals surface area contributed by atoms with Crippen molar-refractivity contribution in [2.45, 2.75) is 25.3 Å². The topological polar surface area (TPSA) is 66.3 Å². The molecule has 0 aliphatic carbocycles. The fraction of sp³-hybridized carbons (Fsp3) is 0.500. The van der Waals surface area contributed by atoms with Crippen LogP contribution in [0, 0.1) is 0 Å². The van der Waals surface area contributed by atoms with Crippen LogP contribution in [0.3, 0.4) is 0 Å². The molecule has 2 aromatic rings. The van der Waals surface area contributed by atoms with Crippen molar-refractivity contribution >= 4 is 17.4 Å². The van der Waals surface area contributed by atoms with Gasteiger partial charge in [-0.1, -0.05) is 0 Å². The number of amides is 1. The lowest BCUT2D eigenvalue weighted by atomic mass is 10.1. The molecule has 0 bridgehead atoms. The van der Waals surface area contributed by atoms with E-state index in [0.29, 0.717) is 11.6 Å². The van der Waals surface area contributed by atoms with E-state index in [0.717, 1.165) is 43.9 Å². The second-order valence-corrected chi connectivity index (χ2v) is 6.77. The number of pyridine rings is 1. The monoisotopic (exact) mass is 342 g/mol. The molecule has 1 aliphatic heterocycles. The van der Waals surface area contributed by atoms with Gasteiger partial charge in [0.25, 0.3) is 5.91 Å². The first-order valence-corrected chi connectivity index (χ1v) is 8.71.